The van der Waals surface area contributed by atoms with Crippen molar-refractivity contribution in [3.63, 3.8) is 0 Å². The molecular weight excluding hydrogens is 226 g/mol. The number of rotatable bonds is 4. The zero-order valence-corrected chi connectivity index (χ0v) is 10.5. The number of hydrogen-bond acceptors (Lipinski definition) is 4. The number of para-hydroxylation sites is 1. The minimum absolute atomic E-state index is 0.00657. The van der Waals surface area contributed by atoms with Crippen LogP contribution in [0.5, 0.6) is 5.75 Å². The number of nitrogens with one attached hydrogen (secondary N) is 1. The molecule has 1 N–H and O–H groups in total. The van der Waals surface area contributed by atoms with Crippen molar-refractivity contribution in [1.82, 2.24) is 10.3 Å². The number of pyridine rings is 1. The van der Waals surface area contributed by atoms with E-state index in [0.717, 1.165) is 17.4 Å². The summed E-state index contributed by atoms with van der Waals surface area (Å²) in [6, 6.07) is 9.79. The van der Waals surface area contributed by atoms with Gasteiger partial charge in [0.2, 0.25) is 0 Å². The van der Waals surface area contributed by atoms with Gasteiger partial charge in [-0.25, -0.2) is 0 Å². The van der Waals surface area contributed by atoms with Crippen molar-refractivity contribution in [2.45, 2.75) is 13.0 Å². The molecule has 0 fully saturated rings. The van der Waals surface area contributed by atoms with Crippen LogP contribution in [0.15, 0.2) is 30.5 Å². The third kappa shape index (κ3) is 2.41. The summed E-state index contributed by atoms with van der Waals surface area (Å²) in [5.74, 6) is 0.617. The summed E-state index contributed by atoms with van der Waals surface area (Å²) >= 11 is 0. The minimum Gasteiger partial charge on any atom is -0.487 e. The Balaban J connectivity index is 2.48. The summed E-state index contributed by atoms with van der Waals surface area (Å²) in [5, 5.41) is 13.1. The molecule has 0 radical (unpaired) electrons. The fourth-order valence-electron chi connectivity index (χ4n) is 1.85. The molecule has 1 unspecified atom stereocenters. The van der Waals surface area contributed by atoms with Crippen LogP contribution in [-0.2, 0) is 0 Å². The van der Waals surface area contributed by atoms with Gasteiger partial charge < -0.3 is 10.1 Å². The Morgan fingerprint density at radius 2 is 2.22 bits per heavy atom. The van der Waals surface area contributed by atoms with Gasteiger partial charge in [-0.1, -0.05) is 12.1 Å². The molecule has 1 heterocycles. The van der Waals surface area contributed by atoms with Gasteiger partial charge in [0.25, 0.3) is 0 Å². The molecule has 0 saturated carbocycles. The SMILES string of the molecule is CNCC(C)Oc1c(C#N)cnc2ccccc12. The molecule has 1 aromatic heterocycles. The van der Waals surface area contributed by atoms with Gasteiger partial charge >= 0.3 is 0 Å². The second-order valence-corrected chi connectivity index (χ2v) is 4.12. The van der Waals surface area contributed by atoms with Crippen molar-refractivity contribution in [1.29, 1.82) is 5.26 Å². The first-order valence-corrected chi connectivity index (χ1v) is 5.85. The van der Waals surface area contributed by atoms with E-state index in [4.69, 9.17) is 10.00 Å². The maximum atomic E-state index is 9.14. The van der Waals surface area contributed by atoms with E-state index < -0.39 is 0 Å². The summed E-state index contributed by atoms with van der Waals surface area (Å²) < 4.78 is 5.87. The highest BCUT2D eigenvalue weighted by atomic mass is 16.5. The molecule has 4 nitrogen and oxygen atoms in total. The second kappa shape index (κ2) is 5.48. The highest BCUT2D eigenvalue weighted by Gasteiger charge is 2.12. The number of nitrogens with zero attached hydrogens (tertiary/aromatic N) is 2. The maximum absolute atomic E-state index is 9.14. The largest absolute Gasteiger partial charge is 0.487 e. The van der Waals surface area contributed by atoms with Crippen molar-refractivity contribution < 1.29 is 4.74 Å². The lowest BCUT2D eigenvalue weighted by Crippen LogP contribution is -2.26. The van der Waals surface area contributed by atoms with Crippen molar-refractivity contribution in [2.75, 3.05) is 13.6 Å². The first kappa shape index (κ1) is 12.3. The van der Waals surface area contributed by atoms with E-state index in [1.807, 2.05) is 38.2 Å². The van der Waals surface area contributed by atoms with Crippen LogP contribution in [0.25, 0.3) is 10.9 Å². The molecule has 1 atom stereocenters. The number of nitriles is 1. The quantitative estimate of drug-likeness (QED) is 0.890. The first-order chi connectivity index (χ1) is 8.76. The van der Waals surface area contributed by atoms with Crippen LogP contribution in [0.3, 0.4) is 0 Å². The van der Waals surface area contributed by atoms with E-state index in [2.05, 4.69) is 16.4 Å². The standard InChI is InChI=1S/C14H15N3O/c1-10(8-16-2)18-14-11(7-15)9-17-13-6-4-3-5-12(13)14/h3-6,9-10,16H,8H2,1-2H3. The number of ether oxygens (including phenoxy) is 1. The van der Waals surface area contributed by atoms with Gasteiger partial charge in [-0.15, -0.1) is 0 Å². The van der Waals surface area contributed by atoms with Gasteiger partial charge in [0.05, 0.1) is 5.52 Å². The summed E-state index contributed by atoms with van der Waals surface area (Å²) in [6.07, 6.45) is 1.55. The van der Waals surface area contributed by atoms with Gasteiger partial charge in [-0.3, -0.25) is 4.98 Å². The van der Waals surface area contributed by atoms with Crippen molar-refractivity contribution in [3.8, 4) is 11.8 Å². The molecule has 4 heteroatoms. The predicted molar refractivity (Wildman–Crippen MR) is 70.5 cm³/mol. The van der Waals surface area contributed by atoms with Gasteiger partial charge in [0, 0.05) is 18.1 Å². The summed E-state index contributed by atoms with van der Waals surface area (Å²) in [7, 11) is 1.87. The van der Waals surface area contributed by atoms with E-state index in [9.17, 15) is 0 Å². The van der Waals surface area contributed by atoms with E-state index >= 15 is 0 Å². The van der Waals surface area contributed by atoms with Crippen LogP contribution in [0.4, 0.5) is 0 Å². The average Bonchev–Trinajstić information content (AvgIpc) is 2.39. The lowest BCUT2D eigenvalue weighted by atomic mass is 10.1. The van der Waals surface area contributed by atoms with Gasteiger partial charge in [0.1, 0.15) is 23.5 Å². The highest BCUT2D eigenvalue weighted by molar-refractivity contribution is 5.87. The Hall–Kier alpha value is -2.12. The molecule has 2 rings (SSSR count). The van der Waals surface area contributed by atoms with Crippen molar-refractivity contribution in [3.05, 3.63) is 36.0 Å². The number of aromatic nitrogens is 1. The van der Waals surface area contributed by atoms with Crippen LogP contribution in [0.1, 0.15) is 12.5 Å². The number of likely N-dealkylation sites (N-methyl/N-ethyl adjacent to an activating group) is 1. The smallest absolute Gasteiger partial charge is 0.148 e. The van der Waals surface area contributed by atoms with Gasteiger partial charge in [-0.2, -0.15) is 5.26 Å². The van der Waals surface area contributed by atoms with E-state index in [-0.39, 0.29) is 6.10 Å². The van der Waals surface area contributed by atoms with E-state index in [0.29, 0.717) is 11.3 Å². The molecule has 0 aliphatic carbocycles. The molecule has 0 spiro atoms. The Morgan fingerprint density at radius 1 is 1.44 bits per heavy atom. The molecular formula is C14H15N3O. The van der Waals surface area contributed by atoms with Crippen molar-refractivity contribution >= 4 is 10.9 Å². The lowest BCUT2D eigenvalue weighted by molar-refractivity contribution is 0.222. The average molecular weight is 241 g/mol. The van der Waals surface area contributed by atoms with Crippen LogP contribution >= 0.6 is 0 Å². The van der Waals surface area contributed by atoms with Crippen LogP contribution in [0, 0.1) is 11.3 Å². The lowest BCUT2D eigenvalue weighted by Gasteiger charge is -2.16. The van der Waals surface area contributed by atoms with E-state index in [1.165, 1.54) is 0 Å². The molecule has 0 bridgehead atoms. The molecule has 0 amide bonds. The van der Waals surface area contributed by atoms with E-state index in [1.54, 1.807) is 6.20 Å². The van der Waals surface area contributed by atoms with Crippen LogP contribution in [0.2, 0.25) is 0 Å². The molecule has 18 heavy (non-hydrogen) atoms. The summed E-state index contributed by atoms with van der Waals surface area (Å²) in [4.78, 5) is 4.25. The number of benzene rings is 1. The third-order valence-corrected chi connectivity index (χ3v) is 2.66. The Kier molecular flexibility index (Phi) is 3.75. The predicted octanol–water partition coefficient (Wildman–Crippen LogP) is 2.09. The number of hydrogen-bond donors (Lipinski definition) is 1. The van der Waals surface area contributed by atoms with Crippen LogP contribution < -0.4 is 10.1 Å². The number of fused-ring (bicyclic) bond motifs is 1. The fourth-order valence-corrected chi connectivity index (χ4v) is 1.85. The fraction of sp³-hybridized carbons (Fsp3) is 0.286. The normalized spacial score (nSPS) is 12.1. The third-order valence-electron chi connectivity index (χ3n) is 2.66. The Labute approximate surface area is 106 Å². The zero-order chi connectivity index (χ0) is 13.0. The maximum Gasteiger partial charge on any atom is 0.148 e. The summed E-state index contributed by atoms with van der Waals surface area (Å²) in [6.45, 7) is 2.69. The topological polar surface area (TPSA) is 57.9 Å². The molecule has 1 aromatic carbocycles. The molecule has 92 valence electrons. The van der Waals surface area contributed by atoms with Gasteiger partial charge in [0.15, 0.2) is 0 Å². The molecule has 0 aliphatic heterocycles. The molecule has 2 aromatic rings. The summed E-state index contributed by atoms with van der Waals surface area (Å²) in [5.41, 5.74) is 1.31. The molecule has 0 aliphatic rings. The van der Waals surface area contributed by atoms with Gasteiger partial charge in [-0.05, 0) is 26.1 Å². The van der Waals surface area contributed by atoms with Crippen LogP contribution in [-0.4, -0.2) is 24.7 Å². The second-order valence-electron chi connectivity index (χ2n) is 4.12. The molecule has 0 saturated heterocycles. The Morgan fingerprint density at radius 3 is 2.94 bits per heavy atom. The monoisotopic (exact) mass is 241 g/mol. The highest BCUT2D eigenvalue weighted by Crippen LogP contribution is 2.28. The zero-order valence-electron chi connectivity index (χ0n) is 10.5. The first-order valence-electron chi connectivity index (χ1n) is 5.85. The minimum atomic E-state index is -0.00657. The Bertz CT molecular complexity index is 589. The van der Waals surface area contributed by atoms with Crippen molar-refractivity contribution in [2.24, 2.45) is 0 Å².